The molecule has 0 aromatic rings. The zero-order valence-electron chi connectivity index (χ0n) is 12.6. The van der Waals surface area contributed by atoms with Gasteiger partial charge in [-0.05, 0) is 24.7 Å². The third-order valence-corrected chi connectivity index (χ3v) is 4.37. The molecular weight excluding hydrogens is 256 g/mol. The van der Waals surface area contributed by atoms with E-state index in [9.17, 15) is 9.59 Å². The predicted octanol–water partition coefficient (Wildman–Crippen LogP) is 1.93. The van der Waals surface area contributed by atoms with Crippen molar-refractivity contribution in [1.82, 2.24) is 10.2 Å². The highest BCUT2D eigenvalue weighted by Crippen LogP contribution is 2.39. The minimum atomic E-state index is -0.551. The van der Waals surface area contributed by atoms with Crippen LogP contribution >= 0.6 is 0 Å². The quantitative estimate of drug-likeness (QED) is 0.801. The van der Waals surface area contributed by atoms with Gasteiger partial charge in [0.25, 0.3) is 0 Å². The average Bonchev–Trinajstić information content (AvgIpc) is 3.03. The van der Waals surface area contributed by atoms with E-state index in [1.165, 1.54) is 7.11 Å². The van der Waals surface area contributed by atoms with Crippen LogP contribution in [-0.4, -0.2) is 42.1 Å². The second kappa shape index (κ2) is 5.85. The molecule has 0 saturated carbocycles. The molecule has 0 radical (unpaired) electrons. The van der Waals surface area contributed by atoms with Gasteiger partial charge in [-0.3, -0.25) is 4.79 Å². The van der Waals surface area contributed by atoms with Crippen LogP contribution in [0.2, 0.25) is 0 Å². The molecule has 2 aliphatic rings. The Hall–Kier alpha value is -1.52. The topological polar surface area (TPSA) is 58.6 Å². The number of fused-ring (bicyclic) bond motifs is 2. The lowest BCUT2D eigenvalue weighted by atomic mass is 9.97. The Morgan fingerprint density at radius 3 is 2.65 bits per heavy atom. The monoisotopic (exact) mass is 280 g/mol. The maximum absolute atomic E-state index is 12.8. The van der Waals surface area contributed by atoms with E-state index >= 15 is 0 Å². The molecule has 1 aliphatic carbocycles. The summed E-state index contributed by atoms with van der Waals surface area (Å²) in [4.78, 5) is 26.2. The summed E-state index contributed by atoms with van der Waals surface area (Å²) >= 11 is 0. The lowest BCUT2D eigenvalue weighted by molar-refractivity contribution is -0.137. The van der Waals surface area contributed by atoms with Crippen molar-refractivity contribution in [3.8, 4) is 0 Å². The Labute approximate surface area is 120 Å². The Bertz CT molecular complexity index is 419. The molecule has 5 heteroatoms. The van der Waals surface area contributed by atoms with Crippen molar-refractivity contribution in [1.29, 1.82) is 0 Å². The zero-order chi connectivity index (χ0) is 14.9. The molecular formula is C15H24N2O3. The fraction of sp³-hybridized carbons (Fsp3) is 0.733. The van der Waals surface area contributed by atoms with Crippen molar-refractivity contribution in [3.05, 3.63) is 12.2 Å². The van der Waals surface area contributed by atoms with Crippen LogP contribution in [0.15, 0.2) is 12.2 Å². The lowest BCUT2D eigenvalue weighted by Crippen LogP contribution is -2.55. The number of carbonyl (C=O) groups excluding carboxylic acids is 2. The van der Waals surface area contributed by atoms with Gasteiger partial charge in [0.2, 0.25) is 5.91 Å². The van der Waals surface area contributed by atoms with Gasteiger partial charge in [-0.25, -0.2) is 4.79 Å². The summed E-state index contributed by atoms with van der Waals surface area (Å²) in [6.45, 7) is 5.98. The summed E-state index contributed by atoms with van der Waals surface area (Å²) < 4.78 is 4.62. The van der Waals surface area contributed by atoms with Gasteiger partial charge >= 0.3 is 6.09 Å². The Morgan fingerprint density at radius 1 is 1.40 bits per heavy atom. The van der Waals surface area contributed by atoms with Crippen LogP contribution in [0.3, 0.4) is 0 Å². The molecule has 2 amide bonds. The van der Waals surface area contributed by atoms with Gasteiger partial charge in [-0.15, -0.1) is 0 Å². The summed E-state index contributed by atoms with van der Waals surface area (Å²) in [5, 5.41) is 2.67. The van der Waals surface area contributed by atoms with Crippen LogP contribution in [0.25, 0.3) is 0 Å². The lowest BCUT2D eigenvalue weighted by Gasteiger charge is -2.36. The number of nitrogens with one attached hydrogen (secondary N) is 1. The van der Waals surface area contributed by atoms with Gasteiger partial charge in [0.15, 0.2) is 0 Å². The van der Waals surface area contributed by atoms with E-state index in [2.05, 4.69) is 29.1 Å². The number of ether oxygens (including phenoxy) is 1. The molecule has 20 heavy (non-hydrogen) atoms. The predicted molar refractivity (Wildman–Crippen MR) is 76.1 cm³/mol. The van der Waals surface area contributed by atoms with Crippen molar-refractivity contribution in [2.75, 3.05) is 7.11 Å². The van der Waals surface area contributed by atoms with Crippen LogP contribution in [0, 0.1) is 11.8 Å². The minimum absolute atomic E-state index is 0.00843. The highest BCUT2D eigenvalue weighted by Gasteiger charge is 2.46. The maximum atomic E-state index is 12.8. The van der Waals surface area contributed by atoms with E-state index in [0.29, 0.717) is 5.92 Å². The second-order valence-corrected chi connectivity index (χ2v) is 5.93. The molecule has 112 valence electrons. The molecule has 4 atom stereocenters. The van der Waals surface area contributed by atoms with Crippen molar-refractivity contribution >= 4 is 12.0 Å². The SMILES string of the molecule is CC[C@H]1[C@H]2C=C[C@H](C2)N1C(=O)[C@@H](NC(=O)OC)C(C)C. The molecule has 1 heterocycles. The summed E-state index contributed by atoms with van der Waals surface area (Å²) in [5.74, 6) is 0.510. The molecule has 0 unspecified atom stereocenters. The number of hydrogen-bond donors (Lipinski definition) is 1. The smallest absolute Gasteiger partial charge is 0.407 e. The normalized spacial score (nSPS) is 28.9. The largest absolute Gasteiger partial charge is 0.453 e. The van der Waals surface area contributed by atoms with E-state index in [0.717, 1.165) is 12.8 Å². The fourth-order valence-corrected chi connectivity index (χ4v) is 3.34. The van der Waals surface area contributed by atoms with Crippen molar-refractivity contribution in [3.63, 3.8) is 0 Å². The molecule has 1 fully saturated rings. The summed E-state index contributed by atoms with van der Waals surface area (Å²) in [6, 6.07) is -0.0689. The molecule has 2 bridgehead atoms. The van der Waals surface area contributed by atoms with Gasteiger partial charge < -0.3 is 15.0 Å². The third kappa shape index (κ3) is 2.53. The first-order chi connectivity index (χ1) is 9.49. The van der Waals surface area contributed by atoms with Crippen LogP contribution < -0.4 is 5.32 Å². The minimum Gasteiger partial charge on any atom is -0.453 e. The van der Waals surface area contributed by atoms with Gasteiger partial charge in [0, 0.05) is 6.04 Å². The molecule has 1 saturated heterocycles. The first-order valence-corrected chi connectivity index (χ1v) is 7.34. The number of amides is 2. The standard InChI is InChI=1S/C15H24N2O3/c1-5-12-10-6-7-11(8-10)17(12)14(18)13(9(2)3)16-15(19)20-4/h6-7,9-13H,5,8H2,1-4H3,(H,16,19)/t10-,11+,12-,13-/m0/s1. The number of carbonyl (C=O) groups is 2. The zero-order valence-corrected chi connectivity index (χ0v) is 12.6. The van der Waals surface area contributed by atoms with Gasteiger partial charge in [-0.1, -0.05) is 32.9 Å². The number of hydrogen-bond acceptors (Lipinski definition) is 3. The first-order valence-electron chi connectivity index (χ1n) is 7.34. The van der Waals surface area contributed by atoms with Crippen molar-refractivity contribution < 1.29 is 14.3 Å². The highest BCUT2D eigenvalue weighted by molar-refractivity contribution is 5.87. The van der Waals surface area contributed by atoms with Crippen molar-refractivity contribution in [2.45, 2.75) is 51.7 Å². The van der Waals surface area contributed by atoms with Crippen LogP contribution in [0.5, 0.6) is 0 Å². The average molecular weight is 280 g/mol. The van der Waals surface area contributed by atoms with Crippen LogP contribution in [0.1, 0.15) is 33.6 Å². The summed E-state index contributed by atoms with van der Waals surface area (Å²) in [5.41, 5.74) is 0. The van der Waals surface area contributed by atoms with Gasteiger partial charge in [-0.2, -0.15) is 0 Å². The Balaban J connectivity index is 2.15. The highest BCUT2D eigenvalue weighted by atomic mass is 16.5. The molecule has 0 spiro atoms. The number of nitrogens with zero attached hydrogens (tertiary/aromatic N) is 1. The van der Waals surface area contributed by atoms with Gasteiger partial charge in [0.1, 0.15) is 6.04 Å². The molecule has 2 rings (SSSR count). The Morgan fingerprint density at radius 2 is 2.10 bits per heavy atom. The number of alkyl carbamates (subject to hydrolysis) is 1. The van der Waals surface area contributed by atoms with Crippen molar-refractivity contribution in [2.24, 2.45) is 11.8 Å². The maximum Gasteiger partial charge on any atom is 0.407 e. The second-order valence-electron chi connectivity index (χ2n) is 5.93. The summed E-state index contributed by atoms with van der Waals surface area (Å²) in [6.07, 6.45) is 5.75. The molecule has 5 nitrogen and oxygen atoms in total. The Kier molecular flexibility index (Phi) is 4.35. The fourth-order valence-electron chi connectivity index (χ4n) is 3.34. The number of likely N-dealkylation sites (tertiary alicyclic amines) is 1. The van der Waals surface area contributed by atoms with E-state index in [4.69, 9.17) is 0 Å². The van der Waals surface area contributed by atoms with E-state index < -0.39 is 12.1 Å². The molecule has 0 aromatic heterocycles. The number of methoxy groups -OCH3 is 1. The first kappa shape index (κ1) is 14.9. The van der Waals surface area contributed by atoms with E-state index in [1.807, 2.05) is 18.7 Å². The van der Waals surface area contributed by atoms with Gasteiger partial charge in [0.05, 0.1) is 13.2 Å². The summed E-state index contributed by atoms with van der Waals surface area (Å²) in [7, 11) is 1.31. The van der Waals surface area contributed by atoms with E-state index in [1.54, 1.807) is 0 Å². The molecule has 0 aromatic carbocycles. The van der Waals surface area contributed by atoms with Crippen LogP contribution in [-0.2, 0) is 9.53 Å². The molecule has 1 aliphatic heterocycles. The third-order valence-electron chi connectivity index (χ3n) is 4.37. The van der Waals surface area contributed by atoms with Crippen LogP contribution in [0.4, 0.5) is 4.79 Å². The number of rotatable bonds is 4. The molecule has 1 N–H and O–H groups in total. The van der Waals surface area contributed by atoms with E-state index in [-0.39, 0.29) is 23.9 Å².